The number of aromatic nitrogens is 2. The second-order valence-corrected chi connectivity index (χ2v) is 6.99. The molecule has 6 heteroatoms. The van der Waals surface area contributed by atoms with Crippen LogP contribution in [0.5, 0.6) is 0 Å². The molecule has 0 saturated heterocycles. The van der Waals surface area contributed by atoms with Gasteiger partial charge in [0.15, 0.2) is 0 Å². The van der Waals surface area contributed by atoms with E-state index in [0.717, 1.165) is 18.7 Å². The highest BCUT2D eigenvalue weighted by atomic mass is 35.5. The smallest absolute Gasteiger partial charge is 0.251 e. The Hall–Kier alpha value is -2.63. The van der Waals surface area contributed by atoms with E-state index in [4.69, 9.17) is 21.4 Å². The van der Waals surface area contributed by atoms with Crippen LogP contribution in [-0.4, -0.2) is 28.8 Å². The molecule has 3 aromatic rings. The lowest BCUT2D eigenvalue weighted by Gasteiger charge is -2.22. The summed E-state index contributed by atoms with van der Waals surface area (Å²) in [5.74, 6) is -0.147. The number of hydrogen-bond acceptors (Lipinski definition) is 3. The quantitative estimate of drug-likeness (QED) is 0.734. The molecule has 0 unspecified atom stereocenters. The minimum absolute atomic E-state index is 0.147. The highest BCUT2D eigenvalue weighted by Gasteiger charge is 2.25. The number of nitrogens with zero attached hydrogens (tertiary/aromatic N) is 2. The second-order valence-electron chi connectivity index (χ2n) is 6.55. The predicted octanol–water partition coefficient (Wildman–Crippen LogP) is 3.63. The van der Waals surface area contributed by atoms with Gasteiger partial charge < -0.3 is 10.1 Å². The largest absolute Gasteiger partial charge is 0.370 e. The van der Waals surface area contributed by atoms with Crippen molar-refractivity contribution in [1.29, 1.82) is 0 Å². The van der Waals surface area contributed by atoms with Crippen LogP contribution in [-0.2, 0) is 17.7 Å². The molecule has 138 valence electrons. The number of rotatable bonds is 5. The van der Waals surface area contributed by atoms with Crippen molar-refractivity contribution in [2.24, 2.45) is 0 Å². The molecule has 2 aromatic carbocycles. The van der Waals surface area contributed by atoms with Gasteiger partial charge >= 0.3 is 0 Å². The average Bonchev–Trinajstić information content (AvgIpc) is 3.10. The number of fused-ring (bicyclic) bond motifs is 1. The van der Waals surface area contributed by atoms with Crippen LogP contribution in [0.1, 0.15) is 33.3 Å². The van der Waals surface area contributed by atoms with Gasteiger partial charge in [0.1, 0.15) is 6.10 Å². The number of carbonyl (C=O) groups is 1. The summed E-state index contributed by atoms with van der Waals surface area (Å²) in [6.07, 6.45) is 2.69. The van der Waals surface area contributed by atoms with Crippen LogP contribution < -0.4 is 5.32 Å². The molecule has 1 atom stereocenters. The third kappa shape index (κ3) is 4.21. The summed E-state index contributed by atoms with van der Waals surface area (Å²) < 4.78 is 7.81. The molecule has 0 spiro atoms. The van der Waals surface area contributed by atoms with E-state index >= 15 is 0 Å². The molecular weight excluding hydrogens is 362 g/mol. The topological polar surface area (TPSA) is 56.1 Å². The van der Waals surface area contributed by atoms with Crippen molar-refractivity contribution in [3.05, 3.63) is 88.2 Å². The molecular formula is C21H20ClN3O2. The molecule has 5 nitrogen and oxygen atoms in total. The van der Waals surface area contributed by atoms with Gasteiger partial charge in [-0.2, -0.15) is 5.10 Å². The summed E-state index contributed by atoms with van der Waals surface area (Å²) in [6, 6.07) is 17.0. The van der Waals surface area contributed by atoms with Gasteiger partial charge in [-0.05, 0) is 41.8 Å². The Kier molecular flexibility index (Phi) is 5.23. The fraction of sp³-hybridized carbons (Fsp3) is 0.238. The molecule has 4 rings (SSSR count). The summed E-state index contributed by atoms with van der Waals surface area (Å²) in [5, 5.41) is 8.25. The van der Waals surface area contributed by atoms with Crippen LogP contribution in [0, 0.1) is 0 Å². The Labute approximate surface area is 162 Å². The van der Waals surface area contributed by atoms with Gasteiger partial charge in [0.05, 0.1) is 18.8 Å². The zero-order valence-corrected chi connectivity index (χ0v) is 15.5. The van der Waals surface area contributed by atoms with E-state index in [0.29, 0.717) is 23.7 Å². The molecule has 0 radical (unpaired) electrons. The highest BCUT2D eigenvalue weighted by molar-refractivity contribution is 6.30. The summed E-state index contributed by atoms with van der Waals surface area (Å²) >= 11 is 5.87. The Morgan fingerprint density at radius 1 is 1.19 bits per heavy atom. The highest BCUT2D eigenvalue weighted by Crippen LogP contribution is 2.25. The number of ether oxygens (including phenoxy) is 1. The summed E-state index contributed by atoms with van der Waals surface area (Å²) in [4.78, 5) is 12.3. The van der Waals surface area contributed by atoms with Crippen LogP contribution >= 0.6 is 11.6 Å². The van der Waals surface area contributed by atoms with Gasteiger partial charge in [-0.3, -0.25) is 9.48 Å². The number of amides is 1. The first-order chi connectivity index (χ1) is 13.2. The second kappa shape index (κ2) is 7.94. The van der Waals surface area contributed by atoms with E-state index in [1.807, 2.05) is 22.9 Å². The van der Waals surface area contributed by atoms with Gasteiger partial charge in [-0.1, -0.05) is 41.9 Å². The standard InChI is InChI=1S/C21H20ClN3O2/c22-18-8-6-16(7-9-18)21(26)23-12-19-20-17(10-11-27-19)14-25(24-20)13-15-4-2-1-3-5-15/h1-9,14,19H,10-13H2,(H,23,26)/t19-/m0/s1. The van der Waals surface area contributed by atoms with Crippen LogP contribution in [0.4, 0.5) is 0 Å². The minimum Gasteiger partial charge on any atom is -0.370 e. The number of benzene rings is 2. The number of carbonyl (C=O) groups excluding carboxylic acids is 1. The Balaban J connectivity index is 1.43. The Morgan fingerprint density at radius 2 is 1.96 bits per heavy atom. The lowest BCUT2D eigenvalue weighted by atomic mass is 10.1. The SMILES string of the molecule is O=C(NC[C@@H]1OCCc2cn(Cc3ccccc3)nc21)c1ccc(Cl)cc1. The van der Waals surface area contributed by atoms with E-state index in [1.165, 1.54) is 11.1 Å². The Morgan fingerprint density at radius 3 is 2.74 bits per heavy atom. The van der Waals surface area contributed by atoms with Crippen LogP contribution in [0.3, 0.4) is 0 Å². The number of nitrogens with one attached hydrogen (secondary N) is 1. The maximum Gasteiger partial charge on any atom is 0.251 e. The molecule has 1 aliphatic rings. The fourth-order valence-electron chi connectivity index (χ4n) is 3.23. The van der Waals surface area contributed by atoms with E-state index in [9.17, 15) is 4.79 Å². The average molecular weight is 382 g/mol. The molecule has 0 bridgehead atoms. The lowest BCUT2D eigenvalue weighted by Crippen LogP contribution is -2.31. The normalized spacial score (nSPS) is 16.0. The number of halogens is 1. The van der Waals surface area contributed by atoms with Gasteiger partial charge in [-0.25, -0.2) is 0 Å². The van der Waals surface area contributed by atoms with Crippen molar-refractivity contribution in [1.82, 2.24) is 15.1 Å². The molecule has 1 amide bonds. The van der Waals surface area contributed by atoms with Crippen LogP contribution in [0.15, 0.2) is 60.8 Å². The fourth-order valence-corrected chi connectivity index (χ4v) is 3.35. The van der Waals surface area contributed by atoms with E-state index < -0.39 is 0 Å². The monoisotopic (exact) mass is 381 g/mol. The van der Waals surface area contributed by atoms with Crippen LogP contribution in [0.2, 0.25) is 5.02 Å². The maximum absolute atomic E-state index is 12.3. The van der Waals surface area contributed by atoms with Crippen LogP contribution in [0.25, 0.3) is 0 Å². The van der Waals surface area contributed by atoms with Gasteiger partial charge in [0.2, 0.25) is 0 Å². The molecule has 1 N–H and O–H groups in total. The van der Waals surface area contributed by atoms with E-state index in [2.05, 4.69) is 23.6 Å². The van der Waals surface area contributed by atoms with Gasteiger partial charge in [-0.15, -0.1) is 0 Å². The first-order valence-corrected chi connectivity index (χ1v) is 9.32. The molecule has 1 aromatic heterocycles. The zero-order chi connectivity index (χ0) is 18.6. The van der Waals surface area contributed by atoms with E-state index in [1.54, 1.807) is 24.3 Å². The third-order valence-electron chi connectivity index (χ3n) is 4.61. The molecule has 0 saturated carbocycles. The van der Waals surface area contributed by atoms with Crippen molar-refractivity contribution in [3.8, 4) is 0 Å². The van der Waals surface area contributed by atoms with Crippen molar-refractivity contribution in [2.75, 3.05) is 13.2 Å². The molecule has 1 aliphatic heterocycles. The van der Waals surface area contributed by atoms with Crippen molar-refractivity contribution >= 4 is 17.5 Å². The van der Waals surface area contributed by atoms with Gasteiger partial charge in [0, 0.05) is 23.3 Å². The lowest BCUT2D eigenvalue weighted by molar-refractivity contribution is 0.0383. The molecule has 0 aliphatic carbocycles. The molecule has 0 fully saturated rings. The maximum atomic E-state index is 12.3. The Bertz CT molecular complexity index is 922. The first-order valence-electron chi connectivity index (χ1n) is 8.94. The summed E-state index contributed by atoms with van der Waals surface area (Å²) in [5.41, 5.74) is 3.87. The van der Waals surface area contributed by atoms with Crippen molar-refractivity contribution in [2.45, 2.75) is 19.1 Å². The number of hydrogen-bond donors (Lipinski definition) is 1. The summed E-state index contributed by atoms with van der Waals surface area (Å²) in [6.45, 7) is 1.74. The third-order valence-corrected chi connectivity index (χ3v) is 4.86. The predicted molar refractivity (Wildman–Crippen MR) is 104 cm³/mol. The first kappa shape index (κ1) is 17.8. The van der Waals surface area contributed by atoms with Crippen molar-refractivity contribution in [3.63, 3.8) is 0 Å². The van der Waals surface area contributed by atoms with Crippen molar-refractivity contribution < 1.29 is 9.53 Å². The zero-order valence-electron chi connectivity index (χ0n) is 14.8. The molecule has 27 heavy (non-hydrogen) atoms. The molecule has 2 heterocycles. The van der Waals surface area contributed by atoms with E-state index in [-0.39, 0.29) is 12.0 Å². The minimum atomic E-state index is -0.234. The summed E-state index contributed by atoms with van der Waals surface area (Å²) in [7, 11) is 0. The van der Waals surface area contributed by atoms with Gasteiger partial charge in [0.25, 0.3) is 5.91 Å².